The predicted octanol–water partition coefficient (Wildman–Crippen LogP) is 18.4. The van der Waals surface area contributed by atoms with Crippen LogP contribution in [-0.2, 0) is 10.8 Å². The van der Waals surface area contributed by atoms with E-state index in [4.69, 9.17) is 8.83 Å². The molecule has 2 aliphatic carbocycles. The maximum absolute atomic E-state index is 6.86. The summed E-state index contributed by atoms with van der Waals surface area (Å²) >= 11 is 0. The van der Waals surface area contributed by atoms with Gasteiger partial charge in [-0.15, -0.1) is 0 Å². The molecule has 0 atom stereocenters. The fourth-order valence-electron chi connectivity index (χ4n) is 12.2. The van der Waals surface area contributed by atoms with E-state index in [1.165, 1.54) is 94.2 Å². The topological polar surface area (TPSA) is 29.5 Å². The standard InChI is InChI=1S/C65H53NO2/c1-36-18-22-41(23-19-36)66(42-24-28-46-52(32-42)64(6,7)54-34-50(44-26-20-37(2)30-39(44)4)62-60(58(46)54)48-14-10-12-16-56(48)67-62)43-25-29-47-53(33-43)65(8,9)55-35-51(45-27-21-38(3)31-40(45)5)63-61(59(47)55)49-15-11-13-17-57(49)68-63/h10-35H,1-9H3. The first kappa shape index (κ1) is 40.6. The van der Waals surface area contributed by atoms with Gasteiger partial charge >= 0.3 is 0 Å². The van der Waals surface area contributed by atoms with Crippen LogP contribution in [0.2, 0.25) is 0 Å². The summed E-state index contributed by atoms with van der Waals surface area (Å²) in [5.41, 5.74) is 27.9. The second-order valence-corrected chi connectivity index (χ2v) is 20.8. The summed E-state index contributed by atoms with van der Waals surface area (Å²) in [6.45, 7) is 20.5. The Labute approximate surface area is 398 Å². The van der Waals surface area contributed by atoms with Crippen LogP contribution >= 0.6 is 0 Å². The number of benzene rings is 9. The first-order chi connectivity index (χ1) is 32.8. The molecule has 2 heterocycles. The lowest BCUT2D eigenvalue weighted by Crippen LogP contribution is -2.18. The maximum Gasteiger partial charge on any atom is 0.143 e. The van der Waals surface area contributed by atoms with Crippen molar-refractivity contribution in [3.8, 4) is 44.5 Å². The normalized spacial score (nSPS) is 14.2. The van der Waals surface area contributed by atoms with Crippen molar-refractivity contribution in [2.75, 3.05) is 4.90 Å². The van der Waals surface area contributed by atoms with E-state index >= 15 is 0 Å². The molecule has 330 valence electrons. The zero-order valence-electron chi connectivity index (χ0n) is 40.3. The molecule has 0 saturated heterocycles. The van der Waals surface area contributed by atoms with Gasteiger partial charge in [0.25, 0.3) is 0 Å². The van der Waals surface area contributed by atoms with Crippen molar-refractivity contribution in [3.63, 3.8) is 0 Å². The van der Waals surface area contributed by atoms with E-state index in [2.05, 4.69) is 225 Å². The molecule has 0 spiro atoms. The van der Waals surface area contributed by atoms with E-state index in [0.29, 0.717) is 0 Å². The van der Waals surface area contributed by atoms with Crippen molar-refractivity contribution in [2.24, 2.45) is 0 Å². The SMILES string of the molecule is Cc1ccc(N(c2ccc3c(c2)C(C)(C)c2cc(-c4ccc(C)cc4C)c4oc5ccccc5c4c2-3)c2ccc3c(c2)C(C)(C)c2cc(-c4ccc(C)cc4C)c4oc5ccccc5c4c2-3)cc1. The molecule has 3 nitrogen and oxygen atoms in total. The molecule has 0 aliphatic heterocycles. The number of nitrogens with zero attached hydrogens (tertiary/aromatic N) is 1. The Morgan fingerprint density at radius 2 is 0.750 bits per heavy atom. The van der Waals surface area contributed by atoms with E-state index in [1.807, 2.05) is 0 Å². The van der Waals surface area contributed by atoms with Crippen molar-refractivity contribution in [2.45, 2.75) is 73.1 Å². The molecule has 0 radical (unpaired) electrons. The summed E-state index contributed by atoms with van der Waals surface area (Å²) in [5, 5.41) is 4.71. The highest BCUT2D eigenvalue weighted by Gasteiger charge is 2.41. The Kier molecular flexibility index (Phi) is 8.49. The minimum atomic E-state index is -0.298. The molecule has 9 aromatic carbocycles. The minimum absolute atomic E-state index is 0.298. The van der Waals surface area contributed by atoms with Crippen molar-refractivity contribution in [1.82, 2.24) is 0 Å². The number of anilines is 3. The smallest absolute Gasteiger partial charge is 0.143 e. The van der Waals surface area contributed by atoms with Crippen LogP contribution in [0.4, 0.5) is 17.1 Å². The third-order valence-corrected chi connectivity index (χ3v) is 15.7. The number of hydrogen-bond acceptors (Lipinski definition) is 3. The summed E-state index contributed by atoms with van der Waals surface area (Å²) in [6.07, 6.45) is 0. The van der Waals surface area contributed by atoms with Crippen LogP contribution in [-0.4, -0.2) is 0 Å². The number of hydrogen-bond donors (Lipinski definition) is 0. The van der Waals surface area contributed by atoms with Crippen LogP contribution in [0.1, 0.15) is 77.8 Å². The fraction of sp³-hybridized carbons (Fsp3) is 0.169. The summed E-state index contributed by atoms with van der Waals surface area (Å²) in [6, 6.07) is 58.8. The molecule has 11 aromatic rings. The Morgan fingerprint density at radius 1 is 0.353 bits per heavy atom. The molecule has 0 amide bonds. The largest absolute Gasteiger partial charge is 0.455 e. The first-order valence-electron chi connectivity index (χ1n) is 24.1. The third kappa shape index (κ3) is 5.65. The average Bonchev–Trinajstić information content (AvgIpc) is 4.02. The summed E-state index contributed by atoms with van der Waals surface area (Å²) < 4.78 is 13.7. The minimum Gasteiger partial charge on any atom is -0.455 e. The molecule has 0 N–H and O–H groups in total. The summed E-state index contributed by atoms with van der Waals surface area (Å²) in [7, 11) is 0. The lowest BCUT2D eigenvalue weighted by molar-refractivity contribution is 0.657. The Bertz CT molecular complexity index is 3730. The van der Waals surface area contributed by atoms with Crippen molar-refractivity contribution in [1.29, 1.82) is 0 Å². The second kappa shape index (κ2) is 14.2. The molecular weight excluding hydrogens is 827 g/mol. The monoisotopic (exact) mass is 879 g/mol. The quantitative estimate of drug-likeness (QED) is 0.172. The van der Waals surface area contributed by atoms with E-state index < -0.39 is 0 Å². The number of rotatable bonds is 5. The van der Waals surface area contributed by atoms with E-state index in [9.17, 15) is 0 Å². The van der Waals surface area contributed by atoms with Gasteiger partial charge in [0, 0.05) is 60.6 Å². The molecule has 0 saturated carbocycles. The van der Waals surface area contributed by atoms with Gasteiger partial charge in [-0.1, -0.05) is 141 Å². The Balaban J connectivity index is 1.01. The molecule has 0 bridgehead atoms. The van der Waals surface area contributed by atoms with Crippen LogP contribution in [0, 0.1) is 34.6 Å². The molecule has 3 heteroatoms. The van der Waals surface area contributed by atoms with Crippen LogP contribution in [0.15, 0.2) is 167 Å². The van der Waals surface area contributed by atoms with Crippen molar-refractivity contribution in [3.05, 3.63) is 208 Å². The highest BCUT2D eigenvalue weighted by atomic mass is 16.3. The lowest BCUT2D eigenvalue weighted by atomic mass is 9.80. The van der Waals surface area contributed by atoms with E-state index in [0.717, 1.165) is 61.3 Å². The van der Waals surface area contributed by atoms with Crippen LogP contribution in [0.25, 0.3) is 88.4 Å². The second-order valence-electron chi connectivity index (χ2n) is 20.8. The van der Waals surface area contributed by atoms with Crippen LogP contribution < -0.4 is 4.90 Å². The number of furan rings is 2. The lowest BCUT2D eigenvalue weighted by Gasteiger charge is -2.30. The van der Waals surface area contributed by atoms with Crippen LogP contribution in [0.3, 0.4) is 0 Å². The van der Waals surface area contributed by atoms with Gasteiger partial charge in [0.1, 0.15) is 22.3 Å². The summed E-state index contributed by atoms with van der Waals surface area (Å²) in [4.78, 5) is 2.46. The average molecular weight is 880 g/mol. The van der Waals surface area contributed by atoms with Crippen LogP contribution in [0.5, 0.6) is 0 Å². The molecule has 13 rings (SSSR count). The highest BCUT2D eigenvalue weighted by molar-refractivity contribution is 6.20. The van der Waals surface area contributed by atoms with Crippen molar-refractivity contribution >= 4 is 60.9 Å². The van der Waals surface area contributed by atoms with Gasteiger partial charge in [0.2, 0.25) is 0 Å². The maximum atomic E-state index is 6.86. The van der Waals surface area contributed by atoms with Crippen molar-refractivity contribution < 1.29 is 8.83 Å². The Hall–Kier alpha value is -7.62. The molecule has 0 fully saturated rings. The number of fused-ring (bicyclic) bond motifs is 14. The molecule has 2 aliphatic rings. The number of para-hydroxylation sites is 2. The summed E-state index contributed by atoms with van der Waals surface area (Å²) in [5.74, 6) is 0. The zero-order chi connectivity index (χ0) is 46.5. The van der Waals surface area contributed by atoms with Gasteiger partial charge in [0.05, 0.1) is 0 Å². The highest BCUT2D eigenvalue weighted by Crippen LogP contribution is 2.59. The molecule has 0 unspecified atom stereocenters. The van der Waals surface area contributed by atoms with Gasteiger partial charge < -0.3 is 13.7 Å². The van der Waals surface area contributed by atoms with Gasteiger partial charge in [-0.3, -0.25) is 0 Å². The van der Waals surface area contributed by atoms with E-state index in [-0.39, 0.29) is 10.8 Å². The number of aryl methyl sites for hydroxylation is 5. The first-order valence-corrected chi connectivity index (χ1v) is 24.1. The van der Waals surface area contributed by atoms with E-state index in [1.54, 1.807) is 0 Å². The fourth-order valence-corrected chi connectivity index (χ4v) is 12.2. The van der Waals surface area contributed by atoms with Gasteiger partial charge in [-0.05, 0) is 162 Å². The molecule has 68 heavy (non-hydrogen) atoms. The van der Waals surface area contributed by atoms with Gasteiger partial charge in [-0.2, -0.15) is 0 Å². The molecule has 2 aromatic heterocycles. The van der Waals surface area contributed by atoms with Gasteiger partial charge in [-0.25, -0.2) is 0 Å². The van der Waals surface area contributed by atoms with Gasteiger partial charge in [0.15, 0.2) is 0 Å². The predicted molar refractivity (Wildman–Crippen MR) is 285 cm³/mol. The molecular formula is C65H53NO2. The zero-order valence-corrected chi connectivity index (χ0v) is 40.3. The Morgan fingerprint density at radius 3 is 1.19 bits per heavy atom. The third-order valence-electron chi connectivity index (χ3n) is 15.7.